The van der Waals surface area contributed by atoms with Crippen LogP contribution in [0.15, 0.2) is 6.07 Å². The van der Waals surface area contributed by atoms with Crippen LogP contribution in [0.1, 0.15) is 4.88 Å². The van der Waals surface area contributed by atoms with Crippen molar-refractivity contribution in [2.24, 2.45) is 5.84 Å². The third-order valence-electron chi connectivity index (χ3n) is 2.45. The summed E-state index contributed by atoms with van der Waals surface area (Å²) in [5.74, 6) is 6.16. The van der Waals surface area contributed by atoms with Gasteiger partial charge in [0.15, 0.2) is 0 Å². The summed E-state index contributed by atoms with van der Waals surface area (Å²) in [7, 11) is 0. The number of hydrogen-bond acceptors (Lipinski definition) is 8. The fourth-order valence-electron chi connectivity index (χ4n) is 1.71. The van der Waals surface area contributed by atoms with Crippen molar-refractivity contribution < 1.29 is 0 Å². The molecule has 2 aromatic heterocycles. The number of nitrogens with two attached hydrogens (primary N) is 1. The summed E-state index contributed by atoms with van der Waals surface area (Å²) < 4.78 is 0. The molecule has 7 nitrogen and oxygen atoms in total. The number of hydrazine groups is 1. The van der Waals surface area contributed by atoms with E-state index < -0.39 is 0 Å². The molecule has 0 saturated carbocycles. The maximum atomic E-state index is 8.85. The first kappa shape index (κ1) is 13.0. The topological polar surface area (TPSA) is 115 Å². The van der Waals surface area contributed by atoms with Crippen LogP contribution in [0.2, 0.25) is 0 Å². The maximum Gasteiger partial charge on any atom is 0.240 e. The quantitative estimate of drug-likeness (QED) is 0.487. The number of fused-ring (bicyclic) bond motifs is 1. The SMILES string of the molecule is Cc1cc2c(N(CC#N)CC#N)nc(NN)nc2s1. The van der Waals surface area contributed by atoms with Crippen LogP contribution in [0, 0.1) is 29.6 Å². The summed E-state index contributed by atoms with van der Waals surface area (Å²) in [5.41, 5.74) is 2.40. The van der Waals surface area contributed by atoms with E-state index in [1.54, 1.807) is 4.90 Å². The molecule has 19 heavy (non-hydrogen) atoms. The van der Waals surface area contributed by atoms with Gasteiger partial charge in [-0.3, -0.25) is 5.43 Å². The van der Waals surface area contributed by atoms with E-state index in [1.165, 1.54) is 11.3 Å². The first-order chi connectivity index (χ1) is 9.19. The Balaban J connectivity index is 2.62. The molecule has 2 heterocycles. The number of aryl methyl sites for hydroxylation is 1. The molecule has 2 rings (SSSR count). The lowest BCUT2D eigenvalue weighted by Gasteiger charge is -2.18. The van der Waals surface area contributed by atoms with Crippen molar-refractivity contribution in [1.29, 1.82) is 10.5 Å². The number of nitriles is 2. The normalized spacial score (nSPS) is 9.89. The van der Waals surface area contributed by atoms with Crippen molar-refractivity contribution in [3.05, 3.63) is 10.9 Å². The number of nitrogens with one attached hydrogen (secondary N) is 1. The minimum atomic E-state index is 0.0819. The fraction of sp³-hybridized carbons (Fsp3) is 0.273. The van der Waals surface area contributed by atoms with E-state index in [-0.39, 0.29) is 19.0 Å². The highest BCUT2D eigenvalue weighted by Crippen LogP contribution is 2.31. The van der Waals surface area contributed by atoms with E-state index in [9.17, 15) is 0 Å². The Kier molecular flexibility index (Phi) is 3.76. The molecule has 0 aliphatic heterocycles. The molecular formula is C11H11N7S. The second-order valence-corrected chi connectivity index (χ2v) is 5.00. The number of nitrogen functional groups attached to an aromatic ring is 1. The second-order valence-electron chi connectivity index (χ2n) is 3.76. The Hall–Kier alpha value is -2.42. The van der Waals surface area contributed by atoms with Crippen molar-refractivity contribution in [2.75, 3.05) is 23.4 Å². The van der Waals surface area contributed by atoms with Crippen molar-refractivity contribution in [2.45, 2.75) is 6.92 Å². The van der Waals surface area contributed by atoms with Crippen LogP contribution in [0.25, 0.3) is 10.2 Å². The highest BCUT2D eigenvalue weighted by atomic mass is 32.1. The number of rotatable bonds is 4. The molecule has 0 bridgehead atoms. The lowest BCUT2D eigenvalue weighted by molar-refractivity contribution is 0.937. The van der Waals surface area contributed by atoms with Crippen LogP contribution in [0.4, 0.5) is 11.8 Å². The van der Waals surface area contributed by atoms with Crippen molar-refractivity contribution >= 4 is 33.3 Å². The van der Waals surface area contributed by atoms with E-state index in [0.29, 0.717) is 5.82 Å². The highest BCUT2D eigenvalue weighted by molar-refractivity contribution is 7.18. The van der Waals surface area contributed by atoms with E-state index in [2.05, 4.69) is 15.4 Å². The molecule has 0 fully saturated rings. The van der Waals surface area contributed by atoms with Crippen LogP contribution < -0.4 is 16.2 Å². The van der Waals surface area contributed by atoms with Gasteiger partial charge >= 0.3 is 0 Å². The monoisotopic (exact) mass is 273 g/mol. The molecule has 0 unspecified atom stereocenters. The third-order valence-corrected chi connectivity index (χ3v) is 3.39. The summed E-state index contributed by atoms with van der Waals surface area (Å²) >= 11 is 1.51. The summed E-state index contributed by atoms with van der Waals surface area (Å²) in [4.78, 5) is 12.0. The molecule has 0 aliphatic carbocycles. The molecule has 96 valence electrons. The summed E-state index contributed by atoms with van der Waals surface area (Å²) in [5, 5.41) is 18.5. The summed E-state index contributed by atoms with van der Waals surface area (Å²) in [6.45, 7) is 2.13. The predicted molar refractivity (Wildman–Crippen MR) is 73.4 cm³/mol. The Morgan fingerprint density at radius 3 is 2.63 bits per heavy atom. The second kappa shape index (κ2) is 5.48. The Morgan fingerprint density at radius 1 is 1.37 bits per heavy atom. The first-order valence-electron chi connectivity index (χ1n) is 5.43. The van der Waals surface area contributed by atoms with Gasteiger partial charge in [0.05, 0.1) is 17.5 Å². The van der Waals surface area contributed by atoms with E-state index in [4.69, 9.17) is 16.4 Å². The van der Waals surface area contributed by atoms with Crippen LogP contribution in [0.3, 0.4) is 0 Å². The van der Waals surface area contributed by atoms with E-state index in [1.807, 2.05) is 25.1 Å². The number of nitrogens with zero attached hydrogens (tertiary/aromatic N) is 5. The van der Waals surface area contributed by atoms with Gasteiger partial charge < -0.3 is 4.90 Å². The van der Waals surface area contributed by atoms with E-state index in [0.717, 1.165) is 15.1 Å². The highest BCUT2D eigenvalue weighted by Gasteiger charge is 2.16. The third kappa shape index (κ3) is 2.55. The molecule has 0 atom stereocenters. The largest absolute Gasteiger partial charge is 0.329 e. The maximum absolute atomic E-state index is 8.85. The number of hydrogen-bond donors (Lipinski definition) is 2. The lowest BCUT2D eigenvalue weighted by atomic mass is 10.3. The number of anilines is 2. The lowest BCUT2D eigenvalue weighted by Crippen LogP contribution is -2.25. The Morgan fingerprint density at radius 2 is 2.05 bits per heavy atom. The smallest absolute Gasteiger partial charge is 0.240 e. The molecule has 3 N–H and O–H groups in total. The van der Waals surface area contributed by atoms with Gasteiger partial charge in [0, 0.05) is 4.88 Å². The molecular weight excluding hydrogens is 262 g/mol. The number of aromatic nitrogens is 2. The minimum Gasteiger partial charge on any atom is -0.329 e. The first-order valence-corrected chi connectivity index (χ1v) is 6.25. The van der Waals surface area contributed by atoms with Gasteiger partial charge in [0.2, 0.25) is 5.95 Å². The Bertz CT molecular complexity index is 663. The average Bonchev–Trinajstić information content (AvgIpc) is 2.77. The zero-order valence-electron chi connectivity index (χ0n) is 10.2. The van der Waals surface area contributed by atoms with Crippen LogP contribution >= 0.6 is 11.3 Å². The number of thiophene rings is 1. The van der Waals surface area contributed by atoms with Crippen LogP contribution in [-0.2, 0) is 0 Å². The van der Waals surface area contributed by atoms with Gasteiger partial charge in [-0.1, -0.05) is 0 Å². The van der Waals surface area contributed by atoms with Gasteiger partial charge in [0.1, 0.15) is 23.7 Å². The molecule has 0 amide bonds. The molecule has 0 aliphatic rings. The van der Waals surface area contributed by atoms with E-state index >= 15 is 0 Å². The Labute approximate surface area is 113 Å². The summed E-state index contributed by atoms with van der Waals surface area (Å²) in [6.07, 6.45) is 0. The molecule has 0 radical (unpaired) electrons. The predicted octanol–water partition coefficient (Wildman–Crippen LogP) is 1.14. The minimum absolute atomic E-state index is 0.0819. The van der Waals surface area contributed by atoms with Crippen LogP contribution in [-0.4, -0.2) is 23.1 Å². The molecule has 8 heteroatoms. The van der Waals surface area contributed by atoms with Gasteiger partial charge in [0.25, 0.3) is 0 Å². The zero-order chi connectivity index (χ0) is 13.8. The molecule has 0 spiro atoms. The van der Waals surface area contributed by atoms with Crippen LogP contribution in [0.5, 0.6) is 0 Å². The molecule has 0 saturated heterocycles. The standard InChI is InChI=1S/C11H11N7S/c1-7-6-8-9(18(4-2-12)5-3-13)15-11(17-14)16-10(8)19-7/h6H,4-5,14H2,1H3,(H,15,16,17). The van der Waals surface area contributed by atoms with Gasteiger partial charge in [-0.15, -0.1) is 11.3 Å². The fourth-order valence-corrected chi connectivity index (χ4v) is 2.58. The van der Waals surface area contributed by atoms with Crippen molar-refractivity contribution in [3.8, 4) is 12.1 Å². The van der Waals surface area contributed by atoms with Gasteiger partial charge in [-0.25, -0.2) is 10.8 Å². The molecule has 2 aromatic rings. The van der Waals surface area contributed by atoms with Gasteiger partial charge in [-0.2, -0.15) is 15.5 Å². The average molecular weight is 273 g/mol. The summed E-state index contributed by atoms with van der Waals surface area (Å²) in [6, 6.07) is 5.99. The van der Waals surface area contributed by atoms with Gasteiger partial charge in [-0.05, 0) is 13.0 Å². The molecule has 0 aromatic carbocycles. The zero-order valence-corrected chi connectivity index (χ0v) is 11.0. The van der Waals surface area contributed by atoms with Crippen molar-refractivity contribution in [3.63, 3.8) is 0 Å². The van der Waals surface area contributed by atoms with Crippen molar-refractivity contribution in [1.82, 2.24) is 9.97 Å².